The predicted octanol–water partition coefficient (Wildman–Crippen LogP) is 3.98. The number of halogens is 1. The van der Waals surface area contributed by atoms with Gasteiger partial charge in [0.25, 0.3) is 0 Å². The van der Waals surface area contributed by atoms with Crippen molar-refractivity contribution in [2.75, 3.05) is 7.11 Å². The molecule has 0 heterocycles. The van der Waals surface area contributed by atoms with Crippen molar-refractivity contribution >= 4 is 11.8 Å². The van der Waals surface area contributed by atoms with E-state index in [0.717, 1.165) is 16.7 Å². The summed E-state index contributed by atoms with van der Waals surface area (Å²) in [5.41, 5.74) is 2.52. The second-order valence-corrected chi connectivity index (χ2v) is 7.62. The molecule has 3 rings (SSSR count). The maximum atomic E-state index is 13.3. The summed E-state index contributed by atoms with van der Waals surface area (Å²) in [5.74, 6) is -0.216. The minimum absolute atomic E-state index is 0.130. The Balaban J connectivity index is 1.70. The van der Waals surface area contributed by atoms with Crippen LogP contribution in [0.2, 0.25) is 0 Å². The third kappa shape index (κ3) is 6.67. The average molecular weight is 435 g/mol. The molecule has 0 aliphatic carbocycles. The Kier molecular flexibility index (Phi) is 7.97. The number of hydrogen-bond donors (Lipinski definition) is 2. The fourth-order valence-electron chi connectivity index (χ4n) is 3.38. The van der Waals surface area contributed by atoms with Crippen molar-refractivity contribution in [2.24, 2.45) is 0 Å². The van der Waals surface area contributed by atoms with Gasteiger partial charge in [-0.3, -0.25) is 9.59 Å². The Bertz CT molecular complexity index is 1020. The van der Waals surface area contributed by atoms with Crippen LogP contribution in [-0.2, 0) is 22.4 Å². The van der Waals surface area contributed by atoms with E-state index in [-0.39, 0.29) is 36.5 Å². The van der Waals surface area contributed by atoms with Crippen molar-refractivity contribution in [1.82, 2.24) is 10.6 Å². The summed E-state index contributed by atoms with van der Waals surface area (Å²) in [4.78, 5) is 25.8. The molecule has 2 N–H and O–H groups in total. The molecule has 2 atom stereocenters. The zero-order valence-electron chi connectivity index (χ0n) is 18.2. The van der Waals surface area contributed by atoms with Gasteiger partial charge in [-0.15, -0.1) is 0 Å². The van der Waals surface area contributed by atoms with E-state index in [0.29, 0.717) is 5.75 Å². The molecule has 0 saturated carbocycles. The summed E-state index contributed by atoms with van der Waals surface area (Å²) in [6, 6.07) is 21.7. The minimum atomic E-state index is -0.794. The van der Waals surface area contributed by atoms with E-state index in [1.165, 1.54) is 12.1 Å². The van der Waals surface area contributed by atoms with Crippen LogP contribution in [0.4, 0.5) is 4.39 Å². The summed E-state index contributed by atoms with van der Waals surface area (Å²) >= 11 is 0. The molecule has 0 aromatic heterocycles. The zero-order valence-corrected chi connectivity index (χ0v) is 18.2. The van der Waals surface area contributed by atoms with Crippen LogP contribution in [0.25, 0.3) is 0 Å². The van der Waals surface area contributed by atoms with Crippen LogP contribution in [0.1, 0.15) is 29.7 Å². The molecule has 3 aromatic carbocycles. The highest BCUT2D eigenvalue weighted by atomic mass is 19.1. The normalized spacial score (nSPS) is 12.5. The number of benzene rings is 3. The van der Waals surface area contributed by atoms with Crippen LogP contribution in [0.15, 0.2) is 78.9 Å². The van der Waals surface area contributed by atoms with E-state index < -0.39 is 6.04 Å². The van der Waals surface area contributed by atoms with Crippen LogP contribution in [0.5, 0.6) is 5.75 Å². The van der Waals surface area contributed by atoms with Gasteiger partial charge in [-0.2, -0.15) is 0 Å². The molecule has 0 aliphatic heterocycles. The second-order valence-electron chi connectivity index (χ2n) is 7.62. The number of carbonyl (C=O) groups excluding carboxylic acids is 2. The predicted molar refractivity (Wildman–Crippen MR) is 122 cm³/mol. The molecule has 166 valence electrons. The first-order valence-corrected chi connectivity index (χ1v) is 10.5. The average Bonchev–Trinajstić information content (AvgIpc) is 2.81. The number of carbonyl (C=O) groups is 2. The largest absolute Gasteiger partial charge is 0.497 e. The van der Waals surface area contributed by atoms with Gasteiger partial charge in [-0.1, -0.05) is 54.6 Å². The molecule has 0 unspecified atom stereocenters. The monoisotopic (exact) mass is 434 g/mol. The van der Waals surface area contributed by atoms with Gasteiger partial charge in [-0.25, -0.2) is 4.39 Å². The highest BCUT2D eigenvalue weighted by molar-refractivity contribution is 5.88. The molecule has 5 nitrogen and oxygen atoms in total. The fraction of sp³-hybridized carbons (Fsp3) is 0.231. The first-order valence-electron chi connectivity index (χ1n) is 10.5. The maximum absolute atomic E-state index is 13.3. The number of ether oxygens (including phenoxy) is 1. The van der Waals surface area contributed by atoms with Crippen LogP contribution in [0, 0.1) is 5.82 Å². The molecule has 0 aliphatic rings. The standard InChI is InChI=1S/C26H27FN2O3/c1-18(21-6-4-3-5-7-21)28-26(31)24(16-19-8-12-22(27)13-9-19)29-25(30)17-20-10-14-23(32-2)15-11-20/h3-15,18,24H,16-17H2,1-2H3,(H,28,31)(H,29,30)/t18-,24+/m1/s1. The van der Waals surface area contributed by atoms with Crippen LogP contribution >= 0.6 is 0 Å². The van der Waals surface area contributed by atoms with Crippen LogP contribution in [0.3, 0.4) is 0 Å². The molecule has 0 saturated heterocycles. The Morgan fingerprint density at radius 1 is 0.875 bits per heavy atom. The number of methoxy groups -OCH3 is 1. The number of rotatable bonds is 9. The second kappa shape index (κ2) is 11.1. The smallest absolute Gasteiger partial charge is 0.243 e. The van der Waals surface area contributed by atoms with Gasteiger partial charge in [0.1, 0.15) is 17.6 Å². The maximum Gasteiger partial charge on any atom is 0.243 e. The van der Waals surface area contributed by atoms with Crippen LogP contribution in [-0.4, -0.2) is 25.0 Å². The SMILES string of the molecule is COc1ccc(CC(=O)N[C@@H](Cc2ccc(F)cc2)C(=O)N[C@H](C)c2ccccc2)cc1. The highest BCUT2D eigenvalue weighted by Gasteiger charge is 2.23. The molecule has 0 bridgehead atoms. The van der Waals surface area contributed by atoms with Crippen molar-refractivity contribution in [3.63, 3.8) is 0 Å². The molecule has 0 fully saturated rings. The fourth-order valence-corrected chi connectivity index (χ4v) is 3.38. The van der Waals surface area contributed by atoms with Crippen molar-refractivity contribution < 1.29 is 18.7 Å². The lowest BCUT2D eigenvalue weighted by Gasteiger charge is -2.22. The van der Waals surface area contributed by atoms with E-state index in [2.05, 4.69) is 10.6 Å². The van der Waals surface area contributed by atoms with E-state index in [1.54, 1.807) is 31.4 Å². The zero-order chi connectivity index (χ0) is 22.9. The van der Waals surface area contributed by atoms with Crippen molar-refractivity contribution in [2.45, 2.75) is 31.8 Å². The van der Waals surface area contributed by atoms with Gasteiger partial charge in [0.15, 0.2) is 0 Å². The van der Waals surface area contributed by atoms with Gasteiger partial charge in [-0.05, 0) is 47.9 Å². The van der Waals surface area contributed by atoms with E-state index in [1.807, 2.05) is 49.4 Å². The summed E-state index contributed by atoms with van der Waals surface area (Å²) in [6.45, 7) is 1.89. The van der Waals surface area contributed by atoms with Gasteiger partial charge < -0.3 is 15.4 Å². The molecule has 0 radical (unpaired) electrons. The first-order chi connectivity index (χ1) is 15.4. The van der Waals surface area contributed by atoms with E-state index in [4.69, 9.17) is 4.74 Å². The number of nitrogens with one attached hydrogen (secondary N) is 2. The molecule has 6 heteroatoms. The van der Waals surface area contributed by atoms with E-state index in [9.17, 15) is 14.0 Å². The molecular weight excluding hydrogens is 407 g/mol. The topological polar surface area (TPSA) is 67.4 Å². The van der Waals surface area contributed by atoms with Crippen LogP contribution < -0.4 is 15.4 Å². The lowest BCUT2D eigenvalue weighted by molar-refractivity contribution is -0.129. The van der Waals surface area contributed by atoms with Crippen molar-refractivity contribution in [3.05, 3.63) is 101 Å². The molecule has 3 aromatic rings. The highest BCUT2D eigenvalue weighted by Crippen LogP contribution is 2.14. The summed E-state index contributed by atoms with van der Waals surface area (Å²) in [6.07, 6.45) is 0.382. The Hall–Kier alpha value is -3.67. The summed E-state index contributed by atoms with van der Waals surface area (Å²) in [5, 5.41) is 5.81. The lowest BCUT2D eigenvalue weighted by Crippen LogP contribution is -2.49. The Labute approximate surface area is 187 Å². The third-order valence-corrected chi connectivity index (χ3v) is 5.19. The number of amides is 2. The molecule has 32 heavy (non-hydrogen) atoms. The molecular formula is C26H27FN2O3. The Morgan fingerprint density at radius 2 is 1.50 bits per heavy atom. The number of hydrogen-bond acceptors (Lipinski definition) is 3. The molecule has 2 amide bonds. The van der Waals surface area contributed by atoms with Gasteiger partial charge >= 0.3 is 0 Å². The van der Waals surface area contributed by atoms with Gasteiger partial charge in [0.05, 0.1) is 19.6 Å². The first kappa shape index (κ1) is 23.0. The van der Waals surface area contributed by atoms with Crippen molar-refractivity contribution in [1.29, 1.82) is 0 Å². The summed E-state index contributed by atoms with van der Waals surface area (Å²) in [7, 11) is 1.58. The van der Waals surface area contributed by atoms with Crippen molar-refractivity contribution in [3.8, 4) is 5.75 Å². The quantitative estimate of drug-likeness (QED) is 0.535. The lowest BCUT2D eigenvalue weighted by atomic mass is 10.0. The Morgan fingerprint density at radius 3 is 2.12 bits per heavy atom. The third-order valence-electron chi connectivity index (χ3n) is 5.19. The van der Waals surface area contributed by atoms with E-state index >= 15 is 0 Å². The van der Waals surface area contributed by atoms with Gasteiger partial charge in [0.2, 0.25) is 11.8 Å². The molecule has 0 spiro atoms. The minimum Gasteiger partial charge on any atom is -0.497 e. The van der Waals surface area contributed by atoms with Gasteiger partial charge in [0, 0.05) is 6.42 Å². The summed E-state index contributed by atoms with van der Waals surface area (Å²) < 4.78 is 18.4.